The Hall–Kier alpha value is -0.440. The van der Waals surface area contributed by atoms with E-state index in [-0.39, 0.29) is 11.7 Å². The van der Waals surface area contributed by atoms with Gasteiger partial charge in [0.15, 0.2) is 0 Å². The molecule has 0 aliphatic carbocycles. The lowest BCUT2D eigenvalue weighted by Gasteiger charge is -1.99. The van der Waals surface area contributed by atoms with E-state index >= 15 is 0 Å². The fourth-order valence-electron chi connectivity index (χ4n) is 1.63. The van der Waals surface area contributed by atoms with Crippen LogP contribution in [0.15, 0.2) is 12.3 Å². The van der Waals surface area contributed by atoms with Crippen molar-refractivity contribution < 1.29 is 9.53 Å². The van der Waals surface area contributed by atoms with E-state index in [1.165, 1.54) is 57.6 Å². The van der Waals surface area contributed by atoms with Crippen LogP contribution in [0.4, 0.5) is 0 Å². The van der Waals surface area contributed by atoms with Crippen LogP contribution in [-0.4, -0.2) is 11.7 Å². The zero-order valence-corrected chi connectivity index (χ0v) is 11.9. The summed E-state index contributed by atoms with van der Waals surface area (Å²) in [4.78, 5) is 10.7. The summed E-state index contributed by atoms with van der Waals surface area (Å²) in [6.07, 6.45) is 15.0. The van der Waals surface area contributed by atoms with E-state index < -0.39 is 0 Å². The van der Waals surface area contributed by atoms with Crippen molar-refractivity contribution in [3.05, 3.63) is 12.3 Å². The molecule has 0 atom stereocenters. The molecular weight excluding hydrogens is 232 g/mol. The van der Waals surface area contributed by atoms with Crippen LogP contribution in [0.25, 0.3) is 0 Å². The molecule has 0 aromatic carbocycles. The van der Waals surface area contributed by atoms with Gasteiger partial charge in [-0.25, -0.2) is 0 Å². The topological polar surface area (TPSA) is 26.3 Å². The predicted octanol–water partition coefficient (Wildman–Crippen LogP) is 4.50. The number of hydrogen-bond acceptors (Lipinski definition) is 3. The van der Waals surface area contributed by atoms with Crippen LogP contribution in [0.1, 0.15) is 64.7 Å². The van der Waals surface area contributed by atoms with Crippen molar-refractivity contribution >= 4 is 18.6 Å². The number of unbranched alkanes of at least 4 members (excludes halogenated alkanes) is 8. The molecule has 0 aromatic heterocycles. The average molecular weight is 258 g/mol. The first-order valence-corrected chi connectivity index (χ1v) is 7.39. The molecule has 0 radical (unpaired) electrons. The van der Waals surface area contributed by atoms with E-state index in [1.54, 1.807) is 0 Å². The van der Waals surface area contributed by atoms with Gasteiger partial charge in [0.2, 0.25) is 0 Å². The minimum Gasteiger partial charge on any atom is -0.434 e. The van der Waals surface area contributed by atoms with Gasteiger partial charge < -0.3 is 4.74 Å². The molecule has 0 rings (SSSR count). The lowest BCUT2D eigenvalue weighted by molar-refractivity contribution is -0.134. The summed E-state index contributed by atoms with van der Waals surface area (Å²) >= 11 is 3.81. The second-order valence-corrected chi connectivity index (χ2v) is 4.60. The zero-order valence-electron chi connectivity index (χ0n) is 11.0. The minimum atomic E-state index is -0.291. The van der Waals surface area contributed by atoms with Gasteiger partial charge in [-0.2, -0.15) is 12.6 Å². The number of ether oxygens (including phenoxy) is 1. The van der Waals surface area contributed by atoms with Crippen molar-refractivity contribution in [1.82, 2.24) is 0 Å². The van der Waals surface area contributed by atoms with Crippen LogP contribution >= 0.6 is 12.6 Å². The summed E-state index contributed by atoms with van der Waals surface area (Å²) in [7, 11) is 0. The van der Waals surface area contributed by atoms with Crippen molar-refractivity contribution in [2.24, 2.45) is 0 Å². The SMILES string of the molecule is CCCCCCCCCCC=COC(=O)CS. The molecule has 0 spiro atoms. The Labute approximate surface area is 111 Å². The van der Waals surface area contributed by atoms with Gasteiger partial charge in [-0.15, -0.1) is 0 Å². The molecule has 0 heterocycles. The van der Waals surface area contributed by atoms with Gasteiger partial charge in [0.05, 0.1) is 12.0 Å². The number of rotatable bonds is 11. The summed E-state index contributed by atoms with van der Waals surface area (Å²) in [5, 5.41) is 0. The summed E-state index contributed by atoms with van der Waals surface area (Å²) in [5.41, 5.74) is 0. The monoisotopic (exact) mass is 258 g/mol. The molecule has 100 valence electrons. The van der Waals surface area contributed by atoms with Gasteiger partial charge in [0.25, 0.3) is 0 Å². The highest BCUT2D eigenvalue weighted by Crippen LogP contribution is 2.09. The molecule has 17 heavy (non-hydrogen) atoms. The minimum absolute atomic E-state index is 0.141. The van der Waals surface area contributed by atoms with Gasteiger partial charge in [-0.05, 0) is 18.9 Å². The van der Waals surface area contributed by atoms with E-state index in [9.17, 15) is 4.79 Å². The number of hydrogen-bond donors (Lipinski definition) is 1. The lowest BCUT2D eigenvalue weighted by Crippen LogP contribution is -1.99. The van der Waals surface area contributed by atoms with Gasteiger partial charge in [0.1, 0.15) is 0 Å². The molecule has 0 saturated carbocycles. The van der Waals surface area contributed by atoms with Crippen molar-refractivity contribution in [3.63, 3.8) is 0 Å². The Morgan fingerprint density at radius 2 is 1.65 bits per heavy atom. The molecule has 0 aliphatic heterocycles. The molecule has 0 saturated heterocycles. The molecule has 0 fully saturated rings. The Kier molecular flexibility index (Phi) is 13.3. The van der Waals surface area contributed by atoms with Crippen LogP contribution in [-0.2, 0) is 9.53 Å². The number of carbonyl (C=O) groups is 1. The molecule has 0 aromatic rings. The lowest BCUT2D eigenvalue weighted by atomic mass is 10.1. The van der Waals surface area contributed by atoms with Crippen molar-refractivity contribution in [1.29, 1.82) is 0 Å². The van der Waals surface area contributed by atoms with Crippen LogP contribution in [0.3, 0.4) is 0 Å². The van der Waals surface area contributed by atoms with E-state index in [1.807, 2.05) is 6.08 Å². The average Bonchev–Trinajstić information content (AvgIpc) is 2.35. The van der Waals surface area contributed by atoms with Gasteiger partial charge in [0, 0.05) is 0 Å². The van der Waals surface area contributed by atoms with Crippen molar-refractivity contribution in [2.75, 3.05) is 5.75 Å². The Morgan fingerprint density at radius 3 is 2.24 bits per heavy atom. The Morgan fingerprint density at radius 1 is 1.06 bits per heavy atom. The normalized spacial score (nSPS) is 10.9. The third kappa shape index (κ3) is 13.5. The first-order valence-electron chi connectivity index (χ1n) is 6.76. The molecule has 0 unspecified atom stereocenters. The van der Waals surface area contributed by atoms with Gasteiger partial charge in [-0.1, -0.05) is 51.9 Å². The fraction of sp³-hybridized carbons (Fsp3) is 0.786. The number of thiol groups is 1. The Balaban J connectivity index is 3.10. The molecule has 0 aliphatic rings. The number of esters is 1. The largest absolute Gasteiger partial charge is 0.434 e. The highest BCUT2D eigenvalue weighted by molar-refractivity contribution is 7.81. The smallest absolute Gasteiger partial charge is 0.320 e. The third-order valence-corrected chi connectivity index (χ3v) is 2.91. The van der Waals surface area contributed by atoms with Crippen LogP contribution in [0.5, 0.6) is 0 Å². The highest BCUT2D eigenvalue weighted by Gasteiger charge is 1.93. The van der Waals surface area contributed by atoms with E-state index in [0.29, 0.717) is 0 Å². The molecule has 0 bridgehead atoms. The third-order valence-electron chi connectivity index (χ3n) is 2.65. The maximum absolute atomic E-state index is 10.7. The van der Waals surface area contributed by atoms with Gasteiger partial charge in [-0.3, -0.25) is 4.79 Å². The maximum Gasteiger partial charge on any atom is 0.320 e. The van der Waals surface area contributed by atoms with Crippen LogP contribution in [0.2, 0.25) is 0 Å². The summed E-state index contributed by atoms with van der Waals surface area (Å²) in [6, 6.07) is 0. The van der Waals surface area contributed by atoms with E-state index in [2.05, 4.69) is 19.6 Å². The maximum atomic E-state index is 10.7. The van der Waals surface area contributed by atoms with Crippen molar-refractivity contribution in [2.45, 2.75) is 64.7 Å². The molecular formula is C14H26O2S. The molecule has 0 amide bonds. The molecule has 3 heteroatoms. The number of carbonyl (C=O) groups excluding carboxylic acids is 1. The summed E-state index contributed by atoms with van der Waals surface area (Å²) < 4.78 is 4.77. The standard InChI is InChI=1S/C14H26O2S/c1-2-3-4-5-6-7-8-9-10-11-12-16-14(15)13-17/h11-12,17H,2-10,13H2,1H3. The van der Waals surface area contributed by atoms with Crippen LogP contribution in [0, 0.1) is 0 Å². The zero-order chi connectivity index (χ0) is 12.8. The first kappa shape index (κ1) is 16.6. The summed E-state index contributed by atoms with van der Waals surface area (Å²) in [5.74, 6) is -0.150. The fourth-order valence-corrected chi connectivity index (χ4v) is 1.70. The van der Waals surface area contributed by atoms with Crippen molar-refractivity contribution in [3.8, 4) is 0 Å². The second kappa shape index (κ2) is 13.6. The van der Waals surface area contributed by atoms with Gasteiger partial charge >= 0.3 is 5.97 Å². The Bertz CT molecular complexity index is 202. The van der Waals surface area contributed by atoms with Crippen LogP contribution < -0.4 is 0 Å². The first-order chi connectivity index (χ1) is 8.31. The van der Waals surface area contributed by atoms with E-state index in [4.69, 9.17) is 4.74 Å². The predicted molar refractivity (Wildman–Crippen MR) is 76.3 cm³/mol. The number of allylic oxidation sites excluding steroid dienone is 1. The second-order valence-electron chi connectivity index (χ2n) is 4.28. The van der Waals surface area contributed by atoms with E-state index in [0.717, 1.165) is 6.42 Å². The summed E-state index contributed by atoms with van der Waals surface area (Å²) in [6.45, 7) is 2.24. The quantitative estimate of drug-likeness (QED) is 0.255. The molecule has 0 N–H and O–H groups in total. The molecule has 2 nitrogen and oxygen atoms in total. The highest BCUT2D eigenvalue weighted by atomic mass is 32.1.